The molecule has 0 radical (unpaired) electrons. The zero-order valence-corrected chi connectivity index (χ0v) is 10.4. The van der Waals surface area contributed by atoms with Gasteiger partial charge < -0.3 is 19.6 Å². The summed E-state index contributed by atoms with van der Waals surface area (Å²) in [7, 11) is -1.15. The fourth-order valence-electron chi connectivity index (χ4n) is 1.82. The predicted molar refractivity (Wildman–Crippen MR) is 60.5 cm³/mol. The Kier molecular flexibility index (Phi) is 3.99. The van der Waals surface area contributed by atoms with Crippen molar-refractivity contribution in [1.82, 2.24) is 5.32 Å². The van der Waals surface area contributed by atoms with Crippen LogP contribution in [0.2, 0.25) is 0 Å². The third-order valence-corrected chi connectivity index (χ3v) is 3.23. The third-order valence-electron chi connectivity index (χ3n) is 3.23. The Balaban J connectivity index is 2.42. The first kappa shape index (κ1) is 13.5. The van der Waals surface area contributed by atoms with Crippen LogP contribution in [0.15, 0.2) is 0 Å². The molecule has 0 aromatic carbocycles. The molecule has 0 spiro atoms. The van der Waals surface area contributed by atoms with Gasteiger partial charge in [-0.25, -0.2) is 0 Å². The van der Waals surface area contributed by atoms with E-state index in [1.165, 1.54) is 6.92 Å². The van der Waals surface area contributed by atoms with E-state index in [4.69, 9.17) is 9.31 Å². The molecule has 5 nitrogen and oxygen atoms in total. The second-order valence-corrected chi connectivity index (χ2v) is 4.87. The van der Waals surface area contributed by atoms with E-state index < -0.39 is 18.5 Å². The Morgan fingerprint density at radius 1 is 1.38 bits per heavy atom. The summed E-state index contributed by atoms with van der Waals surface area (Å²) in [6.07, 6.45) is 1.51. The van der Waals surface area contributed by atoms with Gasteiger partial charge in [0.2, 0.25) is 5.91 Å². The molecular weight excluding hydrogens is 209 g/mol. The fourth-order valence-corrected chi connectivity index (χ4v) is 1.82. The molecule has 1 heterocycles. The lowest BCUT2D eigenvalue weighted by Crippen LogP contribution is -2.45. The summed E-state index contributed by atoms with van der Waals surface area (Å²) in [6.45, 7) is 7.80. The number of nitrogens with one attached hydrogen (secondary N) is 1. The molecule has 0 aromatic heterocycles. The van der Waals surface area contributed by atoms with Gasteiger partial charge in [0.1, 0.15) is 0 Å². The first-order valence-electron chi connectivity index (χ1n) is 5.55. The molecule has 92 valence electrons. The van der Waals surface area contributed by atoms with Gasteiger partial charge in [0.15, 0.2) is 0 Å². The zero-order chi connectivity index (χ0) is 12.4. The van der Waals surface area contributed by atoms with Crippen LogP contribution in [0.4, 0.5) is 0 Å². The number of carbonyl (C=O) groups is 1. The van der Waals surface area contributed by atoms with Gasteiger partial charge in [-0.3, -0.25) is 4.79 Å². The first-order chi connectivity index (χ1) is 7.27. The van der Waals surface area contributed by atoms with E-state index in [0.29, 0.717) is 6.54 Å². The number of amides is 1. The second kappa shape index (κ2) is 4.73. The second-order valence-electron chi connectivity index (χ2n) is 4.87. The summed E-state index contributed by atoms with van der Waals surface area (Å²) in [5.41, 5.74) is -1.05. The van der Waals surface area contributed by atoms with E-state index in [1.54, 1.807) is 0 Å². The molecular formula is C10H20BNO4. The lowest BCUT2D eigenvalue weighted by atomic mass is 9.84. The molecule has 1 amide bonds. The Hall–Kier alpha value is -0.585. The summed E-state index contributed by atoms with van der Waals surface area (Å²) < 4.78 is 10.7. The average Bonchev–Trinajstić information content (AvgIpc) is 2.29. The van der Waals surface area contributed by atoms with Crippen molar-refractivity contribution in [2.75, 3.05) is 6.54 Å². The zero-order valence-electron chi connectivity index (χ0n) is 10.4. The molecule has 0 saturated carbocycles. The molecule has 0 aliphatic carbocycles. The van der Waals surface area contributed by atoms with Crippen LogP contribution in [-0.2, 0) is 14.1 Å². The molecule has 1 fully saturated rings. The molecule has 1 unspecified atom stereocenters. The number of hydrogen-bond donors (Lipinski definition) is 2. The van der Waals surface area contributed by atoms with E-state index in [9.17, 15) is 9.82 Å². The van der Waals surface area contributed by atoms with Gasteiger partial charge in [-0.15, -0.1) is 0 Å². The van der Waals surface area contributed by atoms with Crippen LogP contribution < -0.4 is 5.32 Å². The maximum absolute atomic E-state index is 10.7. The van der Waals surface area contributed by atoms with Crippen LogP contribution in [0, 0.1) is 0 Å². The monoisotopic (exact) mass is 229 g/mol. The third kappa shape index (κ3) is 2.96. The van der Waals surface area contributed by atoms with Gasteiger partial charge in [-0.05, 0) is 33.6 Å². The molecule has 6 heteroatoms. The van der Waals surface area contributed by atoms with Crippen molar-refractivity contribution in [2.24, 2.45) is 0 Å². The first-order valence-corrected chi connectivity index (χ1v) is 5.55. The average molecular weight is 229 g/mol. The van der Waals surface area contributed by atoms with E-state index in [0.717, 1.165) is 12.8 Å². The number of carbonyl (C=O) groups excluding carboxylic acids is 1. The molecule has 0 aromatic rings. The number of rotatable bonds is 4. The minimum atomic E-state index is -1.15. The standard InChI is InChI=1S/C10H20BNO4/c1-8(13)12-7-5-6-10(4)9(2,3)15-11(14)16-10/h14H,5-7H2,1-4H3,(H,12,13). The minimum Gasteiger partial charge on any atom is -0.402 e. The van der Waals surface area contributed by atoms with Crippen LogP contribution in [0.5, 0.6) is 0 Å². The normalized spacial score (nSPS) is 28.2. The quantitative estimate of drug-likeness (QED) is 0.543. The highest BCUT2D eigenvalue weighted by atomic mass is 16.7. The van der Waals surface area contributed by atoms with Gasteiger partial charge in [0, 0.05) is 13.5 Å². The Labute approximate surface area is 96.7 Å². The summed E-state index contributed by atoms with van der Waals surface area (Å²) in [5, 5.41) is 12.1. The maximum atomic E-state index is 10.7. The highest BCUT2D eigenvalue weighted by Crippen LogP contribution is 2.39. The highest BCUT2D eigenvalue weighted by molar-refractivity contribution is 6.35. The topological polar surface area (TPSA) is 67.8 Å². The predicted octanol–water partition coefficient (Wildman–Crippen LogP) is 0.464. The Bertz CT molecular complexity index is 272. The fraction of sp³-hybridized carbons (Fsp3) is 0.900. The van der Waals surface area contributed by atoms with Gasteiger partial charge in [0.05, 0.1) is 11.2 Å². The lowest BCUT2D eigenvalue weighted by molar-refractivity contribution is -0.119. The molecule has 2 N–H and O–H groups in total. The molecule has 1 saturated heterocycles. The smallest absolute Gasteiger partial charge is 0.402 e. The summed E-state index contributed by atoms with van der Waals surface area (Å²) >= 11 is 0. The van der Waals surface area contributed by atoms with E-state index in [2.05, 4.69) is 5.32 Å². The van der Waals surface area contributed by atoms with Gasteiger partial charge in [-0.1, -0.05) is 0 Å². The van der Waals surface area contributed by atoms with Crippen LogP contribution in [0.1, 0.15) is 40.5 Å². The van der Waals surface area contributed by atoms with Gasteiger partial charge in [-0.2, -0.15) is 0 Å². The van der Waals surface area contributed by atoms with Crippen molar-refractivity contribution in [2.45, 2.75) is 51.7 Å². The van der Waals surface area contributed by atoms with E-state index >= 15 is 0 Å². The summed E-state index contributed by atoms with van der Waals surface area (Å²) in [6, 6.07) is 0. The van der Waals surface area contributed by atoms with Crippen LogP contribution in [-0.4, -0.2) is 36.0 Å². The van der Waals surface area contributed by atoms with Crippen LogP contribution >= 0.6 is 0 Å². The molecule has 0 bridgehead atoms. The van der Waals surface area contributed by atoms with Crippen LogP contribution in [0.3, 0.4) is 0 Å². The van der Waals surface area contributed by atoms with E-state index in [-0.39, 0.29) is 5.91 Å². The molecule has 16 heavy (non-hydrogen) atoms. The van der Waals surface area contributed by atoms with E-state index in [1.807, 2.05) is 20.8 Å². The summed E-state index contributed by atoms with van der Waals surface area (Å²) in [5.74, 6) is -0.0342. The highest BCUT2D eigenvalue weighted by Gasteiger charge is 2.53. The van der Waals surface area contributed by atoms with Gasteiger partial charge in [0.25, 0.3) is 0 Å². The Morgan fingerprint density at radius 3 is 2.44 bits per heavy atom. The minimum absolute atomic E-state index is 0.0342. The van der Waals surface area contributed by atoms with Crippen molar-refractivity contribution in [3.8, 4) is 0 Å². The largest absolute Gasteiger partial charge is 0.637 e. The van der Waals surface area contributed by atoms with Crippen molar-refractivity contribution in [3.05, 3.63) is 0 Å². The van der Waals surface area contributed by atoms with Crippen molar-refractivity contribution in [3.63, 3.8) is 0 Å². The van der Waals surface area contributed by atoms with Gasteiger partial charge >= 0.3 is 7.32 Å². The molecule has 1 aliphatic rings. The maximum Gasteiger partial charge on any atom is 0.637 e. The SMILES string of the molecule is CC(=O)NCCCC1(C)OB(O)OC1(C)C. The molecule has 1 rings (SSSR count). The Morgan fingerprint density at radius 2 is 2.00 bits per heavy atom. The summed E-state index contributed by atoms with van der Waals surface area (Å²) in [4.78, 5) is 10.7. The van der Waals surface area contributed by atoms with Crippen molar-refractivity contribution in [1.29, 1.82) is 0 Å². The number of hydrogen-bond acceptors (Lipinski definition) is 4. The molecule has 1 aliphatic heterocycles. The van der Waals surface area contributed by atoms with Crippen LogP contribution in [0.25, 0.3) is 0 Å². The molecule has 1 atom stereocenters. The van der Waals surface area contributed by atoms with Crippen molar-refractivity contribution < 1.29 is 19.1 Å². The lowest BCUT2D eigenvalue weighted by Gasteiger charge is -2.36. The van der Waals surface area contributed by atoms with Crippen molar-refractivity contribution >= 4 is 13.2 Å².